The van der Waals surface area contributed by atoms with E-state index in [4.69, 9.17) is 5.73 Å². The van der Waals surface area contributed by atoms with E-state index in [1.54, 1.807) is 12.5 Å². The molecule has 2 heterocycles. The molecule has 2 rings (SSSR count). The highest BCUT2D eigenvalue weighted by Crippen LogP contribution is 2.06. The topological polar surface area (TPSA) is 69.6 Å². The average Bonchev–Trinajstić information content (AvgIpc) is 2.77. The molecule has 5 nitrogen and oxygen atoms in total. The highest BCUT2D eigenvalue weighted by molar-refractivity contribution is 5.06. The van der Waals surface area contributed by atoms with Crippen LogP contribution in [-0.2, 0) is 19.4 Å². The lowest BCUT2D eigenvalue weighted by molar-refractivity contribution is 0.457. The Kier molecular flexibility index (Phi) is 4.63. The molecule has 0 fully saturated rings. The summed E-state index contributed by atoms with van der Waals surface area (Å²) in [6.07, 6.45) is 4.88. The Morgan fingerprint density at radius 1 is 1.21 bits per heavy atom. The van der Waals surface area contributed by atoms with E-state index in [1.165, 1.54) is 0 Å². The van der Waals surface area contributed by atoms with Crippen molar-refractivity contribution < 1.29 is 0 Å². The van der Waals surface area contributed by atoms with Crippen molar-refractivity contribution in [3.05, 3.63) is 42.2 Å². The molecule has 0 bridgehead atoms. The first kappa shape index (κ1) is 13.7. The molecule has 0 saturated carbocycles. The summed E-state index contributed by atoms with van der Waals surface area (Å²) in [6.45, 7) is 5.21. The molecule has 102 valence electrons. The van der Waals surface area contributed by atoms with Gasteiger partial charge in [0.05, 0.1) is 0 Å². The first-order valence-corrected chi connectivity index (χ1v) is 6.67. The highest BCUT2D eigenvalue weighted by Gasteiger charge is 2.12. The standard InChI is InChI=1S/C14H21N5/c1-11(2)9-19-14(17-10-18-19)8-12(15)7-13-5-3-4-6-16-13/h3-6,10-12H,7-9,15H2,1-2H3. The molecule has 0 aromatic carbocycles. The lowest BCUT2D eigenvalue weighted by Crippen LogP contribution is -2.28. The van der Waals surface area contributed by atoms with Crippen molar-refractivity contribution in [1.29, 1.82) is 0 Å². The monoisotopic (exact) mass is 259 g/mol. The van der Waals surface area contributed by atoms with Crippen molar-refractivity contribution in [3.63, 3.8) is 0 Å². The molecular weight excluding hydrogens is 238 g/mol. The normalized spacial score (nSPS) is 12.8. The van der Waals surface area contributed by atoms with Gasteiger partial charge in [-0.05, 0) is 18.1 Å². The molecule has 0 saturated heterocycles. The summed E-state index contributed by atoms with van der Waals surface area (Å²) in [4.78, 5) is 8.60. The zero-order valence-electron chi connectivity index (χ0n) is 11.5. The smallest absolute Gasteiger partial charge is 0.138 e. The highest BCUT2D eigenvalue weighted by atomic mass is 15.3. The van der Waals surface area contributed by atoms with Gasteiger partial charge in [0.15, 0.2) is 0 Å². The molecule has 0 spiro atoms. The third-order valence-corrected chi connectivity index (χ3v) is 2.88. The summed E-state index contributed by atoms with van der Waals surface area (Å²) < 4.78 is 1.95. The molecule has 2 aromatic heterocycles. The van der Waals surface area contributed by atoms with Crippen LogP contribution in [0, 0.1) is 5.92 Å². The third-order valence-electron chi connectivity index (χ3n) is 2.88. The molecule has 0 aliphatic heterocycles. The number of hydrogen-bond acceptors (Lipinski definition) is 4. The Morgan fingerprint density at radius 3 is 2.74 bits per heavy atom. The van der Waals surface area contributed by atoms with Crippen LogP contribution in [-0.4, -0.2) is 25.8 Å². The van der Waals surface area contributed by atoms with Crippen molar-refractivity contribution in [2.75, 3.05) is 0 Å². The van der Waals surface area contributed by atoms with E-state index in [0.29, 0.717) is 5.92 Å². The molecule has 19 heavy (non-hydrogen) atoms. The Balaban J connectivity index is 1.95. The van der Waals surface area contributed by atoms with E-state index in [9.17, 15) is 0 Å². The van der Waals surface area contributed by atoms with Crippen molar-refractivity contribution in [2.45, 2.75) is 39.3 Å². The minimum Gasteiger partial charge on any atom is -0.327 e. The number of hydrogen-bond donors (Lipinski definition) is 1. The zero-order chi connectivity index (χ0) is 13.7. The van der Waals surface area contributed by atoms with Crippen LogP contribution in [0.25, 0.3) is 0 Å². The number of rotatable bonds is 6. The minimum absolute atomic E-state index is 0.0185. The van der Waals surface area contributed by atoms with Gasteiger partial charge in [-0.3, -0.25) is 4.98 Å². The molecule has 1 atom stereocenters. The van der Waals surface area contributed by atoms with E-state index in [2.05, 4.69) is 28.9 Å². The van der Waals surface area contributed by atoms with Crippen LogP contribution in [0.1, 0.15) is 25.4 Å². The fourth-order valence-electron chi connectivity index (χ4n) is 2.04. The molecule has 0 amide bonds. The van der Waals surface area contributed by atoms with Crippen LogP contribution in [0.15, 0.2) is 30.7 Å². The third kappa shape index (κ3) is 4.13. The molecule has 1 unspecified atom stereocenters. The minimum atomic E-state index is 0.0185. The van der Waals surface area contributed by atoms with Crippen molar-refractivity contribution in [3.8, 4) is 0 Å². The molecule has 0 aliphatic rings. The number of pyridine rings is 1. The second-order valence-electron chi connectivity index (χ2n) is 5.24. The molecule has 0 radical (unpaired) electrons. The summed E-state index contributed by atoms with van der Waals surface area (Å²) in [6, 6.07) is 5.91. The predicted octanol–water partition coefficient (Wildman–Crippen LogP) is 1.44. The van der Waals surface area contributed by atoms with Gasteiger partial charge in [0, 0.05) is 37.3 Å². The number of aromatic nitrogens is 4. The van der Waals surface area contributed by atoms with Gasteiger partial charge in [0.25, 0.3) is 0 Å². The van der Waals surface area contributed by atoms with Crippen LogP contribution >= 0.6 is 0 Å². The quantitative estimate of drug-likeness (QED) is 0.852. The van der Waals surface area contributed by atoms with Crippen LogP contribution in [0.2, 0.25) is 0 Å². The van der Waals surface area contributed by atoms with Crippen molar-refractivity contribution >= 4 is 0 Å². The average molecular weight is 259 g/mol. The summed E-state index contributed by atoms with van der Waals surface area (Å²) in [5.74, 6) is 1.50. The maximum absolute atomic E-state index is 6.18. The van der Waals surface area contributed by atoms with Crippen LogP contribution in [0.3, 0.4) is 0 Å². The summed E-state index contributed by atoms with van der Waals surface area (Å²) in [5, 5.41) is 4.25. The van der Waals surface area contributed by atoms with Gasteiger partial charge < -0.3 is 5.73 Å². The van der Waals surface area contributed by atoms with Crippen molar-refractivity contribution in [2.24, 2.45) is 11.7 Å². The summed E-state index contributed by atoms with van der Waals surface area (Å²) >= 11 is 0. The Bertz CT molecular complexity index is 492. The van der Waals surface area contributed by atoms with Gasteiger partial charge in [-0.15, -0.1) is 0 Å². The summed E-state index contributed by atoms with van der Waals surface area (Å²) in [7, 11) is 0. The lowest BCUT2D eigenvalue weighted by Gasteiger charge is -2.13. The largest absolute Gasteiger partial charge is 0.327 e. The predicted molar refractivity (Wildman–Crippen MR) is 74.5 cm³/mol. The molecule has 0 aliphatic carbocycles. The van der Waals surface area contributed by atoms with Gasteiger partial charge in [-0.1, -0.05) is 19.9 Å². The molecular formula is C14H21N5. The van der Waals surface area contributed by atoms with Gasteiger partial charge in [0.2, 0.25) is 0 Å². The van der Waals surface area contributed by atoms with E-state index >= 15 is 0 Å². The molecule has 5 heteroatoms. The van der Waals surface area contributed by atoms with Gasteiger partial charge in [-0.25, -0.2) is 9.67 Å². The Labute approximate surface area is 113 Å². The van der Waals surface area contributed by atoms with Gasteiger partial charge in [-0.2, -0.15) is 5.10 Å². The van der Waals surface area contributed by atoms with Gasteiger partial charge >= 0.3 is 0 Å². The fraction of sp³-hybridized carbons (Fsp3) is 0.500. The first-order valence-electron chi connectivity index (χ1n) is 6.67. The fourth-order valence-corrected chi connectivity index (χ4v) is 2.04. The second-order valence-corrected chi connectivity index (χ2v) is 5.24. The van der Waals surface area contributed by atoms with E-state index in [-0.39, 0.29) is 6.04 Å². The number of nitrogens with two attached hydrogens (primary N) is 1. The number of nitrogens with zero attached hydrogens (tertiary/aromatic N) is 4. The van der Waals surface area contributed by atoms with Crippen LogP contribution in [0.4, 0.5) is 0 Å². The van der Waals surface area contributed by atoms with E-state index < -0.39 is 0 Å². The lowest BCUT2D eigenvalue weighted by atomic mass is 10.1. The Morgan fingerprint density at radius 2 is 2.05 bits per heavy atom. The molecule has 2 N–H and O–H groups in total. The van der Waals surface area contributed by atoms with Crippen molar-refractivity contribution in [1.82, 2.24) is 19.7 Å². The Hall–Kier alpha value is -1.75. The SMILES string of the molecule is CC(C)Cn1ncnc1CC(N)Cc1ccccn1. The van der Waals surface area contributed by atoms with Gasteiger partial charge in [0.1, 0.15) is 12.2 Å². The maximum Gasteiger partial charge on any atom is 0.138 e. The second kappa shape index (κ2) is 6.43. The summed E-state index contributed by atoms with van der Waals surface area (Å²) in [5.41, 5.74) is 7.19. The van der Waals surface area contributed by atoms with Crippen LogP contribution < -0.4 is 5.73 Å². The van der Waals surface area contributed by atoms with E-state index in [1.807, 2.05) is 22.9 Å². The molecule has 2 aromatic rings. The first-order chi connectivity index (χ1) is 9.15. The zero-order valence-corrected chi connectivity index (χ0v) is 11.5. The van der Waals surface area contributed by atoms with Crippen LogP contribution in [0.5, 0.6) is 0 Å². The maximum atomic E-state index is 6.18. The van der Waals surface area contributed by atoms with E-state index in [0.717, 1.165) is 30.9 Å².